The Labute approximate surface area is 179 Å². The van der Waals surface area contributed by atoms with Gasteiger partial charge in [-0.25, -0.2) is 4.79 Å². The average Bonchev–Trinajstić information content (AvgIpc) is 3.03. The Morgan fingerprint density at radius 2 is 1.65 bits per heavy atom. The maximum Gasteiger partial charge on any atom is 0.340 e. The van der Waals surface area contributed by atoms with Crippen LogP contribution in [-0.2, 0) is 14.3 Å². The first-order chi connectivity index (χ1) is 14.9. The minimum absolute atomic E-state index is 0.0858. The summed E-state index contributed by atoms with van der Waals surface area (Å²) >= 11 is 0. The number of methoxy groups -OCH3 is 4. The molecule has 1 N–H and O–H groups in total. The molecule has 0 atom stereocenters. The lowest BCUT2D eigenvalue weighted by Crippen LogP contribution is -2.24. The normalized spacial score (nSPS) is 14.8. The van der Waals surface area contributed by atoms with Crippen molar-refractivity contribution in [2.75, 3.05) is 33.3 Å². The second kappa shape index (κ2) is 8.83. The molecule has 3 rings (SSSR count). The van der Waals surface area contributed by atoms with Crippen LogP contribution in [0.3, 0.4) is 0 Å². The molecule has 0 radical (unpaired) electrons. The highest BCUT2D eigenvalue weighted by Gasteiger charge is 2.38. The van der Waals surface area contributed by atoms with Gasteiger partial charge in [0.15, 0.2) is 23.0 Å². The molecule has 1 aliphatic rings. The van der Waals surface area contributed by atoms with Crippen LogP contribution in [0.1, 0.15) is 12.5 Å². The Morgan fingerprint density at radius 1 is 0.968 bits per heavy atom. The number of carbonyl (C=O) groups is 2. The Balaban J connectivity index is 2.17. The molecule has 1 aliphatic heterocycles. The number of benzene rings is 2. The number of para-hydroxylation sites is 1. The van der Waals surface area contributed by atoms with Crippen molar-refractivity contribution in [3.8, 4) is 23.0 Å². The molecule has 0 aliphatic carbocycles. The molecular weight excluding hydrogens is 402 g/mol. The van der Waals surface area contributed by atoms with Gasteiger partial charge in [-0.1, -0.05) is 12.1 Å². The highest BCUT2D eigenvalue weighted by molar-refractivity contribution is 6.24. The Kier molecular flexibility index (Phi) is 6.20. The van der Waals surface area contributed by atoms with Crippen LogP contribution in [0.5, 0.6) is 23.0 Å². The largest absolute Gasteiger partial charge is 0.504 e. The number of nitrogens with zero attached hydrogens (tertiary/aromatic N) is 1. The number of allylic oxidation sites excluding steroid dienone is 1. The van der Waals surface area contributed by atoms with Crippen LogP contribution in [0.25, 0.3) is 6.08 Å². The summed E-state index contributed by atoms with van der Waals surface area (Å²) in [5.74, 6) is -0.0729. The maximum atomic E-state index is 13.4. The number of carbonyl (C=O) groups excluding carboxylic acids is 2. The van der Waals surface area contributed by atoms with E-state index < -0.39 is 11.9 Å². The van der Waals surface area contributed by atoms with Gasteiger partial charge in [-0.3, -0.25) is 9.69 Å². The van der Waals surface area contributed by atoms with Crippen molar-refractivity contribution < 1.29 is 33.6 Å². The van der Waals surface area contributed by atoms with Crippen molar-refractivity contribution in [1.29, 1.82) is 0 Å². The van der Waals surface area contributed by atoms with Crippen LogP contribution in [-0.4, -0.2) is 45.4 Å². The molecule has 0 aromatic heterocycles. The third-order valence-electron chi connectivity index (χ3n) is 4.96. The lowest BCUT2D eigenvalue weighted by Gasteiger charge is -2.19. The molecule has 0 unspecified atom stereocenters. The number of phenolic OH excluding ortho intramolecular Hbond substituents is 1. The van der Waals surface area contributed by atoms with Gasteiger partial charge in [0.05, 0.1) is 45.3 Å². The van der Waals surface area contributed by atoms with E-state index in [0.717, 1.165) is 0 Å². The summed E-state index contributed by atoms with van der Waals surface area (Å²) in [5, 5.41) is 10.4. The monoisotopic (exact) mass is 425 g/mol. The van der Waals surface area contributed by atoms with Crippen molar-refractivity contribution in [2.45, 2.75) is 6.92 Å². The van der Waals surface area contributed by atoms with E-state index in [0.29, 0.717) is 28.4 Å². The number of aromatic hydroxyl groups is 1. The molecule has 8 nitrogen and oxygen atoms in total. The number of esters is 1. The maximum absolute atomic E-state index is 13.4. The van der Waals surface area contributed by atoms with Crippen LogP contribution in [0, 0.1) is 0 Å². The van der Waals surface area contributed by atoms with E-state index in [1.807, 2.05) is 0 Å². The summed E-state index contributed by atoms with van der Waals surface area (Å²) in [4.78, 5) is 27.3. The molecule has 31 heavy (non-hydrogen) atoms. The molecule has 0 bridgehead atoms. The van der Waals surface area contributed by atoms with E-state index in [1.54, 1.807) is 43.3 Å². The first-order valence-electron chi connectivity index (χ1n) is 9.31. The molecular formula is C23H23NO7. The molecule has 8 heteroatoms. The summed E-state index contributed by atoms with van der Waals surface area (Å²) in [6, 6.07) is 9.87. The zero-order chi connectivity index (χ0) is 22.7. The second-order valence-electron chi connectivity index (χ2n) is 6.59. The lowest BCUT2D eigenvalue weighted by molar-refractivity contribution is -0.136. The average molecular weight is 425 g/mol. The number of hydrogen-bond acceptors (Lipinski definition) is 7. The fraction of sp³-hybridized carbons (Fsp3) is 0.217. The quantitative estimate of drug-likeness (QED) is 0.561. The third-order valence-corrected chi connectivity index (χ3v) is 4.96. The zero-order valence-electron chi connectivity index (χ0n) is 17.9. The SMILES string of the molecule is COC(=O)C1=C(C)N(c2ccc(OC)c(OC)c2)C(=O)/C1=C\c1cccc(OC)c1O. The highest BCUT2D eigenvalue weighted by Crippen LogP contribution is 2.40. The van der Waals surface area contributed by atoms with E-state index >= 15 is 0 Å². The summed E-state index contributed by atoms with van der Waals surface area (Å²) in [6.45, 7) is 1.65. The fourth-order valence-corrected chi connectivity index (χ4v) is 3.43. The number of ether oxygens (including phenoxy) is 4. The minimum atomic E-state index is -0.664. The van der Waals surface area contributed by atoms with E-state index in [2.05, 4.69) is 0 Å². The van der Waals surface area contributed by atoms with Gasteiger partial charge in [0, 0.05) is 17.3 Å². The molecule has 0 saturated heterocycles. The number of rotatable bonds is 6. The molecule has 162 valence electrons. The van der Waals surface area contributed by atoms with Crippen LogP contribution < -0.4 is 19.1 Å². The molecule has 1 heterocycles. The number of amides is 1. The second-order valence-corrected chi connectivity index (χ2v) is 6.59. The van der Waals surface area contributed by atoms with Crippen LogP contribution in [0.4, 0.5) is 5.69 Å². The predicted molar refractivity (Wildman–Crippen MR) is 114 cm³/mol. The van der Waals surface area contributed by atoms with Crippen molar-refractivity contribution in [2.24, 2.45) is 0 Å². The standard InChI is InChI=1S/C23H23NO7/c1-13-20(23(27)31-5)16(11-14-7-6-8-18(29-3)21(14)25)22(26)24(13)15-9-10-17(28-2)19(12-15)30-4/h6-12,25H,1-5H3/b16-11-. The van der Waals surface area contributed by atoms with Crippen molar-refractivity contribution >= 4 is 23.6 Å². The van der Waals surface area contributed by atoms with Crippen molar-refractivity contribution in [1.82, 2.24) is 0 Å². The highest BCUT2D eigenvalue weighted by atomic mass is 16.5. The Morgan fingerprint density at radius 3 is 2.26 bits per heavy atom. The summed E-state index contributed by atoms with van der Waals surface area (Å²) in [5.41, 5.74) is 1.38. The summed E-state index contributed by atoms with van der Waals surface area (Å²) in [6.07, 6.45) is 1.44. The smallest absolute Gasteiger partial charge is 0.340 e. The van der Waals surface area contributed by atoms with Gasteiger partial charge in [0.1, 0.15) is 0 Å². The van der Waals surface area contributed by atoms with Crippen LogP contribution >= 0.6 is 0 Å². The number of anilines is 1. The van der Waals surface area contributed by atoms with E-state index in [-0.39, 0.29) is 22.6 Å². The predicted octanol–water partition coefficient (Wildman–Crippen LogP) is 3.30. The molecule has 0 spiro atoms. The van der Waals surface area contributed by atoms with Gasteiger partial charge in [-0.2, -0.15) is 0 Å². The molecule has 1 amide bonds. The van der Waals surface area contributed by atoms with Gasteiger partial charge in [-0.15, -0.1) is 0 Å². The Bertz CT molecular complexity index is 1100. The topological polar surface area (TPSA) is 94.5 Å². The number of phenols is 1. The van der Waals surface area contributed by atoms with Gasteiger partial charge < -0.3 is 24.1 Å². The number of hydrogen-bond donors (Lipinski definition) is 1. The van der Waals surface area contributed by atoms with Crippen molar-refractivity contribution in [3.05, 3.63) is 58.8 Å². The van der Waals surface area contributed by atoms with Gasteiger partial charge in [-0.05, 0) is 31.2 Å². The fourth-order valence-electron chi connectivity index (χ4n) is 3.43. The molecule has 0 saturated carbocycles. The van der Waals surface area contributed by atoms with E-state index in [1.165, 1.54) is 39.4 Å². The van der Waals surface area contributed by atoms with Gasteiger partial charge >= 0.3 is 5.97 Å². The Hall–Kier alpha value is -3.94. The molecule has 0 fully saturated rings. The first kappa shape index (κ1) is 21.8. The third kappa shape index (κ3) is 3.79. The minimum Gasteiger partial charge on any atom is -0.504 e. The molecule has 2 aromatic carbocycles. The van der Waals surface area contributed by atoms with Crippen molar-refractivity contribution in [3.63, 3.8) is 0 Å². The van der Waals surface area contributed by atoms with Gasteiger partial charge in [0.2, 0.25) is 0 Å². The molecule has 2 aromatic rings. The zero-order valence-corrected chi connectivity index (χ0v) is 17.9. The van der Waals surface area contributed by atoms with Crippen LogP contribution in [0.15, 0.2) is 53.2 Å². The van der Waals surface area contributed by atoms with Crippen LogP contribution in [0.2, 0.25) is 0 Å². The van der Waals surface area contributed by atoms with E-state index in [9.17, 15) is 14.7 Å². The van der Waals surface area contributed by atoms with Gasteiger partial charge in [0.25, 0.3) is 5.91 Å². The van der Waals surface area contributed by atoms with E-state index in [4.69, 9.17) is 18.9 Å². The summed E-state index contributed by atoms with van der Waals surface area (Å²) < 4.78 is 20.6. The lowest BCUT2D eigenvalue weighted by atomic mass is 10.0. The summed E-state index contributed by atoms with van der Waals surface area (Å²) in [7, 11) is 5.68. The first-order valence-corrected chi connectivity index (χ1v) is 9.31.